The van der Waals surface area contributed by atoms with Gasteiger partial charge in [-0.25, -0.2) is 4.79 Å². The second-order valence-corrected chi connectivity index (χ2v) is 4.44. The Bertz CT molecular complexity index is 848. The molecule has 1 aromatic carbocycles. The molecular weight excluding hydrogens is 270 g/mol. The van der Waals surface area contributed by atoms with Gasteiger partial charge in [-0.1, -0.05) is 6.07 Å². The van der Waals surface area contributed by atoms with Gasteiger partial charge in [0.1, 0.15) is 0 Å². The van der Waals surface area contributed by atoms with Crippen molar-refractivity contribution in [2.24, 2.45) is 0 Å². The standard InChI is InChI=1S/C16H13NO4/c1-2-20-14(19)6-4-10-3-5-12(18)16-15(10)11-7-8-17-9-13(11)21-16/h3-9,18H,2H2,1H3. The maximum absolute atomic E-state index is 11.4. The third-order valence-electron chi connectivity index (χ3n) is 3.12. The summed E-state index contributed by atoms with van der Waals surface area (Å²) in [6.45, 7) is 2.08. The molecule has 0 amide bonds. The van der Waals surface area contributed by atoms with Crippen LogP contribution in [0.5, 0.6) is 5.75 Å². The van der Waals surface area contributed by atoms with E-state index in [1.807, 2.05) is 6.07 Å². The Morgan fingerprint density at radius 1 is 1.43 bits per heavy atom. The Balaban J connectivity index is 2.19. The zero-order chi connectivity index (χ0) is 14.8. The summed E-state index contributed by atoms with van der Waals surface area (Å²) in [7, 11) is 0. The number of carbonyl (C=O) groups excluding carboxylic acids is 1. The highest BCUT2D eigenvalue weighted by Gasteiger charge is 2.13. The molecular formula is C16H13NO4. The quantitative estimate of drug-likeness (QED) is 0.590. The van der Waals surface area contributed by atoms with Crippen molar-refractivity contribution in [3.05, 3.63) is 42.2 Å². The molecule has 21 heavy (non-hydrogen) atoms. The molecule has 0 radical (unpaired) electrons. The molecule has 1 N–H and O–H groups in total. The Morgan fingerprint density at radius 3 is 3.10 bits per heavy atom. The molecule has 0 saturated heterocycles. The summed E-state index contributed by atoms with van der Waals surface area (Å²) in [5, 5.41) is 11.5. The van der Waals surface area contributed by atoms with Crippen molar-refractivity contribution in [1.29, 1.82) is 0 Å². The Hall–Kier alpha value is -2.82. The van der Waals surface area contributed by atoms with Gasteiger partial charge in [-0.15, -0.1) is 0 Å². The van der Waals surface area contributed by atoms with Gasteiger partial charge in [0.05, 0.1) is 12.8 Å². The fraction of sp³-hybridized carbons (Fsp3) is 0.125. The monoisotopic (exact) mass is 283 g/mol. The van der Waals surface area contributed by atoms with Gasteiger partial charge in [0.2, 0.25) is 0 Å². The van der Waals surface area contributed by atoms with E-state index in [9.17, 15) is 9.90 Å². The number of furan rings is 1. The van der Waals surface area contributed by atoms with Crippen LogP contribution in [0.25, 0.3) is 28.0 Å². The second-order valence-electron chi connectivity index (χ2n) is 4.44. The van der Waals surface area contributed by atoms with Crippen molar-refractivity contribution >= 4 is 34.0 Å². The lowest BCUT2D eigenvalue weighted by Crippen LogP contribution is -1.98. The highest BCUT2D eigenvalue weighted by Crippen LogP contribution is 2.36. The fourth-order valence-electron chi connectivity index (χ4n) is 2.23. The lowest BCUT2D eigenvalue weighted by atomic mass is 10.1. The summed E-state index contributed by atoms with van der Waals surface area (Å²) in [6.07, 6.45) is 6.25. The van der Waals surface area contributed by atoms with Crippen molar-refractivity contribution in [2.75, 3.05) is 6.61 Å². The summed E-state index contributed by atoms with van der Waals surface area (Å²) < 4.78 is 10.5. The molecule has 0 bridgehead atoms. The minimum Gasteiger partial charge on any atom is -0.504 e. The number of hydrogen-bond acceptors (Lipinski definition) is 5. The Kier molecular flexibility index (Phi) is 3.31. The number of hydrogen-bond donors (Lipinski definition) is 1. The number of nitrogens with zero attached hydrogens (tertiary/aromatic N) is 1. The molecule has 5 heteroatoms. The number of fused-ring (bicyclic) bond motifs is 3. The lowest BCUT2D eigenvalue weighted by Gasteiger charge is -1.99. The van der Waals surface area contributed by atoms with Gasteiger partial charge in [0.15, 0.2) is 16.9 Å². The number of aromatic nitrogens is 1. The largest absolute Gasteiger partial charge is 0.504 e. The molecule has 0 aliphatic heterocycles. The molecule has 0 fully saturated rings. The molecule has 0 atom stereocenters. The van der Waals surface area contributed by atoms with E-state index in [2.05, 4.69) is 4.98 Å². The Labute approximate surface area is 120 Å². The summed E-state index contributed by atoms with van der Waals surface area (Å²) in [4.78, 5) is 15.4. The number of phenolic OH excluding ortho intramolecular Hbond substituents is 1. The summed E-state index contributed by atoms with van der Waals surface area (Å²) in [5.74, 6) is -0.359. The van der Waals surface area contributed by atoms with Gasteiger partial charge in [-0.3, -0.25) is 4.98 Å². The topological polar surface area (TPSA) is 72.6 Å². The molecule has 0 saturated carbocycles. The number of ether oxygens (including phenoxy) is 1. The predicted octanol–water partition coefficient (Wildman–Crippen LogP) is 3.26. The van der Waals surface area contributed by atoms with Crippen LogP contribution in [0.2, 0.25) is 0 Å². The van der Waals surface area contributed by atoms with E-state index >= 15 is 0 Å². The van der Waals surface area contributed by atoms with Crippen LogP contribution < -0.4 is 0 Å². The SMILES string of the molecule is CCOC(=O)C=Cc1ccc(O)c2oc3cnccc3c12. The van der Waals surface area contributed by atoms with Crippen LogP contribution in [-0.2, 0) is 9.53 Å². The highest BCUT2D eigenvalue weighted by molar-refractivity contribution is 6.11. The number of aromatic hydroxyl groups is 1. The fourth-order valence-corrected chi connectivity index (χ4v) is 2.23. The van der Waals surface area contributed by atoms with Crippen molar-refractivity contribution in [1.82, 2.24) is 4.98 Å². The first-order chi connectivity index (χ1) is 10.2. The predicted molar refractivity (Wildman–Crippen MR) is 78.8 cm³/mol. The number of carbonyl (C=O) groups is 1. The van der Waals surface area contributed by atoms with Crippen LogP contribution >= 0.6 is 0 Å². The normalized spacial score (nSPS) is 11.5. The van der Waals surface area contributed by atoms with Crippen molar-refractivity contribution in [3.63, 3.8) is 0 Å². The highest BCUT2D eigenvalue weighted by atomic mass is 16.5. The molecule has 5 nitrogen and oxygen atoms in total. The third kappa shape index (κ3) is 2.33. The molecule has 3 aromatic rings. The van der Waals surface area contributed by atoms with E-state index in [-0.39, 0.29) is 5.75 Å². The van der Waals surface area contributed by atoms with Gasteiger partial charge < -0.3 is 14.3 Å². The zero-order valence-electron chi connectivity index (χ0n) is 11.4. The van der Waals surface area contributed by atoms with Crippen LogP contribution in [0, 0.1) is 0 Å². The van der Waals surface area contributed by atoms with E-state index in [1.165, 1.54) is 12.1 Å². The van der Waals surface area contributed by atoms with Crippen molar-refractivity contribution in [2.45, 2.75) is 6.92 Å². The molecule has 0 spiro atoms. The van der Waals surface area contributed by atoms with Crippen LogP contribution in [0.4, 0.5) is 0 Å². The lowest BCUT2D eigenvalue weighted by molar-refractivity contribution is -0.137. The number of benzene rings is 1. The summed E-state index contributed by atoms with van der Waals surface area (Å²) in [5.41, 5.74) is 1.73. The van der Waals surface area contributed by atoms with Gasteiger partial charge in [-0.2, -0.15) is 0 Å². The average molecular weight is 283 g/mol. The first kappa shape index (κ1) is 13.2. The van der Waals surface area contributed by atoms with E-state index in [1.54, 1.807) is 31.5 Å². The number of rotatable bonds is 3. The van der Waals surface area contributed by atoms with Crippen molar-refractivity contribution < 1.29 is 19.1 Å². The van der Waals surface area contributed by atoms with E-state index < -0.39 is 5.97 Å². The molecule has 0 aliphatic carbocycles. The summed E-state index contributed by atoms with van der Waals surface area (Å²) >= 11 is 0. The maximum atomic E-state index is 11.4. The van der Waals surface area contributed by atoms with E-state index in [0.29, 0.717) is 17.8 Å². The molecule has 106 valence electrons. The van der Waals surface area contributed by atoms with Gasteiger partial charge in [-0.05, 0) is 30.7 Å². The van der Waals surface area contributed by atoms with Crippen LogP contribution in [0.15, 0.2) is 41.1 Å². The van der Waals surface area contributed by atoms with Crippen LogP contribution in [-0.4, -0.2) is 22.7 Å². The number of pyridine rings is 1. The number of esters is 1. The first-order valence-electron chi connectivity index (χ1n) is 6.53. The van der Waals surface area contributed by atoms with Crippen LogP contribution in [0.3, 0.4) is 0 Å². The Morgan fingerprint density at radius 2 is 2.29 bits per heavy atom. The summed E-state index contributed by atoms with van der Waals surface area (Å²) in [6, 6.07) is 5.06. The smallest absolute Gasteiger partial charge is 0.330 e. The second kappa shape index (κ2) is 5.28. The first-order valence-corrected chi connectivity index (χ1v) is 6.53. The van der Waals surface area contributed by atoms with Gasteiger partial charge >= 0.3 is 5.97 Å². The van der Waals surface area contributed by atoms with Gasteiger partial charge in [0.25, 0.3) is 0 Å². The number of phenols is 1. The maximum Gasteiger partial charge on any atom is 0.330 e. The molecule has 2 aromatic heterocycles. The van der Waals surface area contributed by atoms with Crippen LogP contribution in [0.1, 0.15) is 12.5 Å². The van der Waals surface area contributed by atoms with E-state index in [4.69, 9.17) is 9.15 Å². The minimum absolute atomic E-state index is 0.0504. The van der Waals surface area contributed by atoms with E-state index in [0.717, 1.165) is 16.3 Å². The van der Waals surface area contributed by atoms with Gasteiger partial charge in [0, 0.05) is 23.0 Å². The molecule has 0 unspecified atom stereocenters. The molecule has 0 aliphatic rings. The average Bonchev–Trinajstić information content (AvgIpc) is 2.88. The zero-order valence-corrected chi connectivity index (χ0v) is 11.4. The third-order valence-corrected chi connectivity index (χ3v) is 3.12. The van der Waals surface area contributed by atoms with Crippen molar-refractivity contribution in [3.8, 4) is 5.75 Å². The molecule has 3 rings (SSSR count). The minimum atomic E-state index is -0.409. The molecule has 2 heterocycles.